The van der Waals surface area contributed by atoms with Crippen LogP contribution >= 0.6 is 0 Å². The molecule has 1 rings (SSSR count). The molecule has 0 N–H and O–H groups in total. The van der Waals surface area contributed by atoms with Gasteiger partial charge in [0.15, 0.2) is 22.9 Å². The van der Waals surface area contributed by atoms with Gasteiger partial charge in [0.1, 0.15) is 6.10 Å². The monoisotopic (exact) mass is 415 g/mol. The molecule has 4 atom stereocenters. The first-order valence-corrected chi connectivity index (χ1v) is 15.4. The molecule has 9 heteroatoms. The Hall–Kier alpha value is -0.706. The number of hydrogen-bond acceptors (Lipinski definition) is 5. The Kier molecular flexibility index (Phi) is 7.52. The summed E-state index contributed by atoms with van der Waals surface area (Å²) in [7, 11) is -4.33. The van der Waals surface area contributed by atoms with E-state index in [9.17, 15) is 10.3 Å². The van der Waals surface area contributed by atoms with E-state index in [1.54, 1.807) is 0 Å². The summed E-state index contributed by atoms with van der Waals surface area (Å²) in [6.07, 6.45) is -1.07. The molecule has 0 aromatic heterocycles. The molecule has 1 saturated heterocycles. The lowest BCUT2D eigenvalue weighted by Crippen LogP contribution is -2.61. The Balaban J connectivity index is 3.24. The molecule has 0 aliphatic carbocycles. The largest absolute Gasteiger partial charge is 0.411 e. The maximum atomic E-state index is 11.7. The van der Waals surface area contributed by atoms with Gasteiger partial charge in [0.2, 0.25) is 0 Å². The van der Waals surface area contributed by atoms with E-state index < -0.39 is 41.0 Å². The highest BCUT2D eigenvalue weighted by molar-refractivity contribution is 6.74. The maximum Gasteiger partial charge on any atom is 0.192 e. The van der Waals surface area contributed by atoms with Gasteiger partial charge >= 0.3 is 0 Å². The molecule has 7 nitrogen and oxygen atoms in total. The summed E-state index contributed by atoms with van der Waals surface area (Å²) in [5.41, 5.74) is 9.17. The van der Waals surface area contributed by atoms with Crippen molar-refractivity contribution >= 4 is 22.9 Å². The molecule has 27 heavy (non-hydrogen) atoms. The van der Waals surface area contributed by atoms with Gasteiger partial charge in [-0.05, 0) is 41.8 Å². The molecule has 0 amide bonds. The highest BCUT2D eigenvalue weighted by Gasteiger charge is 2.50. The van der Waals surface area contributed by atoms with Crippen molar-refractivity contribution in [2.45, 2.75) is 102 Å². The lowest BCUT2D eigenvalue weighted by Gasteiger charge is -2.48. The van der Waals surface area contributed by atoms with E-state index in [4.69, 9.17) is 13.6 Å². The minimum Gasteiger partial charge on any atom is -0.411 e. The van der Waals surface area contributed by atoms with Crippen molar-refractivity contribution in [1.29, 1.82) is 0 Å². The first kappa shape index (κ1) is 24.3. The number of rotatable bonds is 6. The summed E-state index contributed by atoms with van der Waals surface area (Å²) >= 11 is 0. The van der Waals surface area contributed by atoms with Gasteiger partial charge in [0.05, 0.1) is 24.9 Å². The first-order chi connectivity index (χ1) is 12.1. The standard InChI is InChI=1S/C18H37N3O4Si2/c1-17(2,3)26(7,8)24-14-12-23-13(11-22)16(15(14)20-21-19)25-27(9,10)18(4,5)6/h11,13-16H,12H2,1-10H3/t13-,14+,15+,16-/m0/s1. The molecule has 0 aromatic rings. The molecule has 1 fully saturated rings. The van der Waals surface area contributed by atoms with Crippen LogP contribution in [0.15, 0.2) is 5.11 Å². The highest BCUT2D eigenvalue weighted by atomic mass is 28.4. The molecular weight excluding hydrogens is 378 g/mol. The van der Waals surface area contributed by atoms with Crippen LogP contribution in [0.5, 0.6) is 0 Å². The van der Waals surface area contributed by atoms with Crippen molar-refractivity contribution in [3.05, 3.63) is 10.4 Å². The smallest absolute Gasteiger partial charge is 0.192 e. The van der Waals surface area contributed by atoms with Gasteiger partial charge in [-0.3, -0.25) is 0 Å². The number of azide groups is 1. The number of ether oxygens (including phenoxy) is 1. The summed E-state index contributed by atoms with van der Waals surface area (Å²) in [5, 5.41) is 3.97. The van der Waals surface area contributed by atoms with Gasteiger partial charge in [-0.15, -0.1) is 0 Å². The van der Waals surface area contributed by atoms with E-state index >= 15 is 0 Å². The van der Waals surface area contributed by atoms with Crippen LogP contribution in [0.25, 0.3) is 10.4 Å². The Labute approximate surface area is 166 Å². The van der Waals surface area contributed by atoms with E-state index in [0.717, 1.165) is 6.29 Å². The second-order valence-electron chi connectivity index (χ2n) is 10.4. The van der Waals surface area contributed by atoms with Gasteiger partial charge in [-0.2, -0.15) is 0 Å². The van der Waals surface area contributed by atoms with Gasteiger partial charge in [-0.1, -0.05) is 46.7 Å². The molecule has 0 spiro atoms. The Morgan fingerprint density at radius 3 is 1.93 bits per heavy atom. The third kappa shape index (κ3) is 5.65. The molecule has 0 unspecified atom stereocenters. The summed E-state index contributed by atoms with van der Waals surface area (Å²) in [5.74, 6) is 0. The second kappa shape index (κ2) is 8.35. The Morgan fingerprint density at radius 1 is 1.04 bits per heavy atom. The van der Waals surface area contributed by atoms with Crippen molar-refractivity contribution in [3.8, 4) is 0 Å². The molecule has 1 aliphatic heterocycles. The van der Waals surface area contributed by atoms with Crippen molar-refractivity contribution in [1.82, 2.24) is 0 Å². The molecular formula is C18H37N3O4Si2. The zero-order chi connectivity index (χ0) is 21.3. The van der Waals surface area contributed by atoms with Crippen molar-refractivity contribution in [3.63, 3.8) is 0 Å². The zero-order valence-electron chi connectivity index (χ0n) is 18.6. The normalized spacial score (nSPS) is 27.8. The molecule has 0 saturated carbocycles. The first-order valence-electron chi connectivity index (χ1n) is 9.54. The van der Waals surface area contributed by atoms with Crippen LogP contribution in [0.2, 0.25) is 36.3 Å². The summed E-state index contributed by atoms with van der Waals surface area (Å²) in [6.45, 7) is 21.6. The maximum absolute atomic E-state index is 11.7. The number of carbonyl (C=O) groups is 1. The Bertz CT molecular complexity index is 578. The molecule has 1 heterocycles. The van der Waals surface area contributed by atoms with Crippen LogP contribution in [0.3, 0.4) is 0 Å². The summed E-state index contributed by atoms with van der Waals surface area (Å²) < 4.78 is 18.8. The third-order valence-electron chi connectivity index (χ3n) is 6.30. The fourth-order valence-corrected chi connectivity index (χ4v) is 5.06. The molecule has 0 radical (unpaired) electrons. The zero-order valence-corrected chi connectivity index (χ0v) is 20.6. The van der Waals surface area contributed by atoms with E-state index in [2.05, 4.69) is 77.8 Å². The third-order valence-corrected chi connectivity index (χ3v) is 15.3. The van der Waals surface area contributed by atoms with E-state index in [1.165, 1.54) is 0 Å². The second-order valence-corrected chi connectivity index (χ2v) is 19.9. The molecule has 156 valence electrons. The van der Waals surface area contributed by atoms with Crippen LogP contribution < -0.4 is 0 Å². The van der Waals surface area contributed by atoms with Crippen molar-refractivity contribution < 1.29 is 18.4 Å². The van der Waals surface area contributed by atoms with Gasteiger partial charge in [-0.25, -0.2) is 0 Å². The lowest BCUT2D eigenvalue weighted by atomic mass is 9.99. The van der Waals surface area contributed by atoms with E-state index in [0.29, 0.717) is 0 Å². The predicted octanol–water partition coefficient (Wildman–Crippen LogP) is 5.04. The van der Waals surface area contributed by atoms with Gasteiger partial charge < -0.3 is 18.4 Å². The fraction of sp³-hybridized carbons (Fsp3) is 0.944. The minimum atomic E-state index is -2.21. The van der Waals surface area contributed by atoms with Crippen LogP contribution in [0.1, 0.15) is 41.5 Å². The quantitative estimate of drug-likeness (QED) is 0.199. The fourth-order valence-electron chi connectivity index (χ4n) is 2.43. The minimum absolute atomic E-state index is 0.00516. The predicted molar refractivity (Wildman–Crippen MR) is 113 cm³/mol. The van der Waals surface area contributed by atoms with Gasteiger partial charge in [0.25, 0.3) is 0 Å². The highest BCUT2D eigenvalue weighted by Crippen LogP contribution is 2.41. The van der Waals surface area contributed by atoms with Crippen LogP contribution in [-0.2, 0) is 18.4 Å². The SMILES string of the molecule is CC(C)(C)[Si](C)(C)O[C@@H]1[C@H](N=[N+]=[N-])[C@H](O[Si](C)(C)C(C)(C)C)CO[C@H]1C=O. The number of aldehydes is 1. The number of carbonyl (C=O) groups excluding carboxylic acids is 1. The van der Waals surface area contributed by atoms with E-state index in [1.807, 2.05) is 0 Å². The van der Waals surface area contributed by atoms with Crippen LogP contribution in [0, 0.1) is 0 Å². The van der Waals surface area contributed by atoms with Crippen molar-refractivity contribution in [2.24, 2.45) is 5.11 Å². The molecule has 0 bridgehead atoms. The van der Waals surface area contributed by atoms with Crippen LogP contribution in [0.4, 0.5) is 0 Å². The number of hydrogen-bond donors (Lipinski definition) is 0. The van der Waals surface area contributed by atoms with Crippen molar-refractivity contribution in [2.75, 3.05) is 6.61 Å². The molecule has 1 aliphatic rings. The van der Waals surface area contributed by atoms with E-state index in [-0.39, 0.29) is 16.7 Å². The average Bonchev–Trinajstić information content (AvgIpc) is 2.48. The summed E-state index contributed by atoms with van der Waals surface area (Å²) in [4.78, 5) is 14.7. The molecule has 0 aromatic carbocycles. The van der Waals surface area contributed by atoms with Crippen LogP contribution in [-0.4, -0.2) is 53.9 Å². The van der Waals surface area contributed by atoms with Gasteiger partial charge in [0, 0.05) is 4.91 Å². The average molecular weight is 416 g/mol. The Morgan fingerprint density at radius 2 is 1.52 bits per heavy atom. The summed E-state index contributed by atoms with van der Waals surface area (Å²) in [6, 6.07) is -0.595. The topological polar surface area (TPSA) is 93.5 Å². The number of nitrogens with zero attached hydrogens (tertiary/aromatic N) is 3. The lowest BCUT2D eigenvalue weighted by molar-refractivity contribution is -0.145.